The number of hydrogen-bond acceptors (Lipinski definition) is 3. The lowest BCUT2D eigenvalue weighted by molar-refractivity contribution is -0.136. The molecule has 0 radical (unpaired) electrons. The fourth-order valence-electron chi connectivity index (χ4n) is 1.66. The summed E-state index contributed by atoms with van der Waals surface area (Å²) in [6.45, 7) is 6.68. The molecule has 0 aliphatic carbocycles. The zero-order chi connectivity index (χ0) is 13.8. The van der Waals surface area contributed by atoms with E-state index in [9.17, 15) is 9.59 Å². The second-order valence-corrected chi connectivity index (χ2v) is 4.25. The van der Waals surface area contributed by atoms with Crippen LogP contribution in [0.4, 0.5) is 0 Å². The van der Waals surface area contributed by atoms with E-state index in [1.54, 1.807) is 12.0 Å². The third-order valence-electron chi connectivity index (χ3n) is 2.50. The van der Waals surface area contributed by atoms with Gasteiger partial charge in [0.25, 0.3) is 0 Å². The maximum Gasteiger partial charge on any atom is 0.232 e. The van der Waals surface area contributed by atoms with Crippen LogP contribution in [-0.4, -0.2) is 50.1 Å². The van der Waals surface area contributed by atoms with Crippen molar-refractivity contribution in [2.75, 3.05) is 33.4 Å². The lowest BCUT2D eigenvalue weighted by atomic mass is 10.3. The van der Waals surface area contributed by atoms with Crippen LogP contribution in [0.3, 0.4) is 0 Å². The Kier molecular flexibility index (Phi) is 10.3. The molecule has 5 heteroatoms. The summed E-state index contributed by atoms with van der Waals surface area (Å²) in [6, 6.07) is 0. The molecule has 0 aliphatic heterocycles. The molecule has 106 valence electrons. The van der Waals surface area contributed by atoms with Crippen LogP contribution in [0.5, 0.6) is 0 Å². The number of amides is 2. The zero-order valence-corrected chi connectivity index (χ0v) is 11.8. The summed E-state index contributed by atoms with van der Waals surface area (Å²) < 4.78 is 4.88. The second kappa shape index (κ2) is 11.0. The summed E-state index contributed by atoms with van der Waals surface area (Å²) in [5.41, 5.74) is 0. The van der Waals surface area contributed by atoms with Gasteiger partial charge in [0.2, 0.25) is 11.8 Å². The van der Waals surface area contributed by atoms with E-state index in [2.05, 4.69) is 5.32 Å². The first-order chi connectivity index (χ1) is 8.65. The molecule has 0 rings (SSSR count). The molecule has 0 fully saturated rings. The molecule has 0 bridgehead atoms. The van der Waals surface area contributed by atoms with Crippen molar-refractivity contribution >= 4 is 11.8 Å². The largest absolute Gasteiger partial charge is 0.385 e. The van der Waals surface area contributed by atoms with E-state index < -0.39 is 0 Å². The highest BCUT2D eigenvalue weighted by atomic mass is 16.5. The third kappa shape index (κ3) is 8.06. The number of nitrogens with zero attached hydrogens (tertiary/aromatic N) is 1. The highest BCUT2D eigenvalue weighted by molar-refractivity contribution is 5.96. The van der Waals surface area contributed by atoms with Crippen LogP contribution in [0.25, 0.3) is 0 Å². The number of methoxy groups -OCH3 is 1. The van der Waals surface area contributed by atoms with Gasteiger partial charge in [0.15, 0.2) is 0 Å². The first kappa shape index (κ1) is 16.9. The van der Waals surface area contributed by atoms with Crippen LogP contribution in [-0.2, 0) is 14.3 Å². The van der Waals surface area contributed by atoms with E-state index in [1.165, 1.54) is 0 Å². The summed E-state index contributed by atoms with van der Waals surface area (Å²) in [5, 5.41) is 2.72. The summed E-state index contributed by atoms with van der Waals surface area (Å²) in [4.78, 5) is 25.2. The average molecular weight is 258 g/mol. The van der Waals surface area contributed by atoms with Crippen LogP contribution in [0.15, 0.2) is 0 Å². The van der Waals surface area contributed by atoms with Crippen LogP contribution < -0.4 is 5.32 Å². The molecule has 0 aliphatic rings. The van der Waals surface area contributed by atoms with Gasteiger partial charge in [-0.2, -0.15) is 0 Å². The van der Waals surface area contributed by atoms with Gasteiger partial charge in [-0.1, -0.05) is 13.8 Å². The third-order valence-corrected chi connectivity index (χ3v) is 2.50. The molecular weight excluding hydrogens is 232 g/mol. The van der Waals surface area contributed by atoms with E-state index in [4.69, 9.17) is 4.74 Å². The van der Waals surface area contributed by atoms with Gasteiger partial charge in [-0.05, 0) is 19.3 Å². The maximum absolute atomic E-state index is 11.9. The number of hydrogen-bond donors (Lipinski definition) is 1. The van der Waals surface area contributed by atoms with Crippen molar-refractivity contribution in [2.24, 2.45) is 0 Å². The molecule has 0 atom stereocenters. The van der Waals surface area contributed by atoms with E-state index >= 15 is 0 Å². The van der Waals surface area contributed by atoms with Crippen LogP contribution in [0.2, 0.25) is 0 Å². The van der Waals surface area contributed by atoms with Crippen LogP contribution in [0.1, 0.15) is 39.5 Å². The lowest BCUT2D eigenvalue weighted by Gasteiger charge is -2.21. The van der Waals surface area contributed by atoms with Crippen molar-refractivity contribution in [2.45, 2.75) is 39.5 Å². The van der Waals surface area contributed by atoms with Gasteiger partial charge in [0.05, 0.1) is 0 Å². The molecule has 0 saturated carbocycles. The first-order valence-electron chi connectivity index (χ1n) is 6.69. The highest BCUT2D eigenvalue weighted by Crippen LogP contribution is 1.98. The Bertz CT molecular complexity index is 238. The van der Waals surface area contributed by atoms with Crippen LogP contribution in [0, 0.1) is 0 Å². The van der Waals surface area contributed by atoms with Gasteiger partial charge in [-0.25, -0.2) is 0 Å². The van der Waals surface area contributed by atoms with E-state index in [1.807, 2.05) is 13.8 Å². The van der Waals surface area contributed by atoms with Gasteiger partial charge >= 0.3 is 0 Å². The fraction of sp³-hybridized carbons (Fsp3) is 0.846. The maximum atomic E-state index is 11.9. The van der Waals surface area contributed by atoms with Crippen molar-refractivity contribution < 1.29 is 14.3 Å². The second-order valence-electron chi connectivity index (χ2n) is 4.25. The zero-order valence-electron chi connectivity index (χ0n) is 11.8. The Balaban J connectivity index is 3.91. The Morgan fingerprint density at radius 2 is 1.78 bits per heavy atom. The van der Waals surface area contributed by atoms with Crippen LogP contribution >= 0.6 is 0 Å². The topological polar surface area (TPSA) is 58.6 Å². The van der Waals surface area contributed by atoms with E-state index in [0.29, 0.717) is 13.2 Å². The summed E-state index contributed by atoms with van der Waals surface area (Å²) in [5.74, 6) is -0.281. The molecule has 0 unspecified atom stereocenters. The lowest BCUT2D eigenvalue weighted by Crippen LogP contribution is -2.37. The Morgan fingerprint density at radius 1 is 1.17 bits per heavy atom. The minimum atomic E-state index is -0.201. The number of carbonyl (C=O) groups excluding carboxylic acids is 2. The van der Waals surface area contributed by atoms with Crippen molar-refractivity contribution in [3.8, 4) is 0 Å². The Morgan fingerprint density at radius 3 is 2.28 bits per heavy atom. The molecule has 0 spiro atoms. The smallest absolute Gasteiger partial charge is 0.232 e. The normalized spacial score (nSPS) is 10.2. The molecule has 2 amide bonds. The van der Waals surface area contributed by atoms with Gasteiger partial charge in [0, 0.05) is 33.4 Å². The number of nitrogens with one attached hydrogen (secondary N) is 1. The highest BCUT2D eigenvalue weighted by Gasteiger charge is 2.15. The van der Waals surface area contributed by atoms with E-state index in [-0.39, 0.29) is 18.2 Å². The summed E-state index contributed by atoms with van der Waals surface area (Å²) >= 11 is 0. The summed E-state index contributed by atoms with van der Waals surface area (Å²) in [6.07, 6.45) is 2.56. The van der Waals surface area contributed by atoms with Crippen molar-refractivity contribution in [1.29, 1.82) is 0 Å². The van der Waals surface area contributed by atoms with Crippen molar-refractivity contribution in [3.05, 3.63) is 0 Å². The van der Waals surface area contributed by atoms with Gasteiger partial charge in [0.1, 0.15) is 6.42 Å². The molecule has 5 nitrogen and oxygen atoms in total. The quantitative estimate of drug-likeness (QED) is 0.473. The van der Waals surface area contributed by atoms with Crippen molar-refractivity contribution in [1.82, 2.24) is 10.2 Å². The minimum absolute atomic E-state index is 0.0486. The average Bonchev–Trinajstić information content (AvgIpc) is 2.34. The molecule has 0 heterocycles. The molecule has 1 N–H and O–H groups in total. The Labute approximate surface area is 110 Å². The summed E-state index contributed by atoms with van der Waals surface area (Å²) in [7, 11) is 1.62. The van der Waals surface area contributed by atoms with Gasteiger partial charge < -0.3 is 15.0 Å². The monoisotopic (exact) mass is 258 g/mol. The number of carbonyl (C=O) groups is 2. The predicted molar refractivity (Wildman–Crippen MR) is 71.3 cm³/mol. The molecule has 0 aromatic carbocycles. The van der Waals surface area contributed by atoms with Gasteiger partial charge in [-0.3, -0.25) is 9.59 Å². The first-order valence-corrected chi connectivity index (χ1v) is 6.69. The molecule has 0 aromatic rings. The molecular formula is C13H26N2O3. The fourth-order valence-corrected chi connectivity index (χ4v) is 1.66. The molecule has 0 saturated heterocycles. The molecule has 18 heavy (non-hydrogen) atoms. The predicted octanol–water partition coefficient (Wildman–Crippen LogP) is 1.18. The number of ether oxygens (including phenoxy) is 1. The van der Waals surface area contributed by atoms with E-state index in [0.717, 1.165) is 32.4 Å². The SMILES string of the molecule is CCCN(CCC)C(=O)CC(=O)NCCCOC. The standard InChI is InChI=1S/C13H26N2O3/c1-4-8-15(9-5-2)13(17)11-12(16)14-7-6-10-18-3/h4-11H2,1-3H3,(H,14,16). The van der Waals surface area contributed by atoms with Gasteiger partial charge in [-0.15, -0.1) is 0 Å². The number of rotatable bonds is 10. The minimum Gasteiger partial charge on any atom is -0.385 e. The van der Waals surface area contributed by atoms with Crippen molar-refractivity contribution in [3.63, 3.8) is 0 Å². The molecule has 0 aromatic heterocycles. The Hall–Kier alpha value is -1.10.